The number of nitrogens with one attached hydrogen (secondary N) is 1. The van der Waals surface area contributed by atoms with Crippen molar-refractivity contribution in [1.82, 2.24) is 14.9 Å². The van der Waals surface area contributed by atoms with Gasteiger partial charge in [0.15, 0.2) is 0 Å². The largest absolute Gasteiger partial charge is 0.416 e. The molecule has 1 amide bonds. The molecule has 1 N–H and O–H groups in total. The van der Waals surface area contributed by atoms with E-state index in [1.807, 2.05) is 0 Å². The van der Waals surface area contributed by atoms with Crippen LogP contribution in [0.25, 0.3) is 0 Å². The molecule has 0 unspecified atom stereocenters. The molecule has 0 saturated heterocycles. The van der Waals surface area contributed by atoms with Crippen LogP contribution in [0.15, 0.2) is 41.5 Å². The van der Waals surface area contributed by atoms with E-state index in [1.54, 1.807) is 6.07 Å². The van der Waals surface area contributed by atoms with Crippen LogP contribution in [0.2, 0.25) is 0 Å². The van der Waals surface area contributed by atoms with Crippen LogP contribution in [0.1, 0.15) is 53.2 Å². The molecular formula is C19H20F3N3O2. The lowest BCUT2D eigenvalue weighted by molar-refractivity contribution is -0.137. The minimum atomic E-state index is -4.44. The molecule has 144 valence electrons. The fraction of sp³-hybridized carbons (Fsp3) is 0.421. The van der Waals surface area contributed by atoms with Gasteiger partial charge in [0.25, 0.3) is 11.5 Å². The number of carbonyl (C=O) groups excluding carboxylic acids is 1. The minimum Gasteiger partial charge on any atom is -0.350 e. The molecular weight excluding hydrogens is 359 g/mol. The molecule has 1 aliphatic carbocycles. The maximum absolute atomic E-state index is 12.5. The number of halogens is 3. The number of hydrogen-bond donors (Lipinski definition) is 1. The van der Waals surface area contributed by atoms with Gasteiger partial charge in [0.05, 0.1) is 17.6 Å². The van der Waals surface area contributed by atoms with Crippen molar-refractivity contribution in [2.24, 2.45) is 0 Å². The number of amides is 1. The Bertz CT molecular complexity index is 854. The Morgan fingerprint density at radius 1 is 1.19 bits per heavy atom. The molecule has 1 aromatic heterocycles. The highest BCUT2D eigenvalue weighted by Gasteiger charge is 2.30. The monoisotopic (exact) mass is 379 g/mol. The van der Waals surface area contributed by atoms with Crippen LogP contribution < -0.4 is 10.9 Å². The van der Waals surface area contributed by atoms with E-state index in [2.05, 4.69) is 10.3 Å². The van der Waals surface area contributed by atoms with Gasteiger partial charge in [-0.15, -0.1) is 0 Å². The standard InChI is InChI=1S/C19H20F3N3O2/c20-19(21,22)15-7-5-14(6-8-15)18(27)23-9-10-25-12-24-16(11-17(25)26)13-3-1-2-4-13/h5-8,11-13H,1-4,9-10H2,(H,23,27). The lowest BCUT2D eigenvalue weighted by Crippen LogP contribution is -2.31. The second-order valence-corrected chi connectivity index (χ2v) is 6.66. The van der Waals surface area contributed by atoms with E-state index < -0.39 is 17.6 Å². The molecule has 5 nitrogen and oxygen atoms in total. The first-order valence-corrected chi connectivity index (χ1v) is 8.86. The highest BCUT2D eigenvalue weighted by molar-refractivity contribution is 5.94. The van der Waals surface area contributed by atoms with Crippen molar-refractivity contribution in [3.8, 4) is 0 Å². The van der Waals surface area contributed by atoms with E-state index >= 15 is 0 Å². The number of alkyl halides is 3. The van der Waals surface area contributed by atoms with Crippen LogP contribution in [0, 0.1) is 0 Å². The number of hydrogen-bond acceptors (Lipinski definition) is 3. The molecule has 1 heterocycles. The molecule has 1 aromatic carbocycles. The lowest BCUT2D eigenvalue weighted by atomic mass is 10.0. The van der Waals surface area contributed by atoms with Gasteiger partial charge in [-0.3, -0.25) is 14.2 Å². The summed E-state index contributed by atoms with van der Waals surface area (Å²) in [5.41, 5.74) is -0.0256. The summed E-state index contributed by atoms with van der Waals surface area (Å²) in [6.07, 6.45) is 1.48. The summed E-state index contributed by atoms with van der Waals surface area (Å²) in [5.74, 6) is -0.140. The molecule has 1 fully saturated rings. The molecule has 3 rings (SSSR count). The van der Waals surface area contributed by atoms with Gasteiger partial charge in [-0.25, -0.2) is 4.98 Å². The van der Waals surface area contributed by atoms with Gasteiger partial charge in [-0.2, -0.15) is 13.2 Å². The van der Waals surface area contributed by atoms with E-state index in [0.717, 1.165) is 55.6 Å². The molecule has 1 aliphatic rings. The third-order valence-electron chi connectivity index (χ3n) is 4.79. The molecule has 0 radical (unpaired) electrons. The normalized spacial score (nSPS) is 15.1. The SMILES string of the molecule is O=C(NCCn1cnc(C2CCCC2)cc1=O)c1ccc(C(F)(F)F)cc1. The highest BCUT2D eigenvalue weighted by Crippen LogP contribution is 2.32. The van der Waals surface area contributed by atoms with Crippen LogP contribution in [-0.2, 0) is 12.7 Å². The van der Waals surface area contributed by atoms with Gasteiger partial charge < -0.3 is 5.32 Å². The van der Waals surface area contributed by atoms with Gasteiger partial charge in [0.2, 0.25) is 0 Å². The Morgan fingerprint density at radius 3 is 2.44 bits per heavy atom. The van der Waals surface area contributed by atoms with E-state index in [-0.39, 0.29) is 24.2 Å². The molecule has 0 bridgehead atoms. The zero-order valence-electron chi connectivity index (χ0n) is 14.6. The number of rotatable bonds is 5. The summed E-state index contributed by atoms with van der Waals surface area (Å²) in [7, 11) is 0. The van der Waals surface area contributed by atoms with Crippen molar-refractivity contribution in [2.45, 2.75) is 44.3 Å². The average Bonchev–Trinajstić information content (AvgIpc) is 3.17. The summed E-state index contributed by atoms with van der Waals surface area (Å²) in [5, 5.41) is 2.59. The first kappa shape index (κ1) is 19.1. The zero-order valence-corrected chi connectivity index (χ0v) is 14.6. The van der Waals surface area contributed by atoms with E-state index in [0.29, 0.717) is 5.92 Å². The smallest absolute Gasteiger partial charge is 0.350 e. The second-order valence-electron chi connectivity index (χ2n) is 6.66. The highest BCUT2D eigenvalue weighted by atomic mass is 19.4. The maximum atomic E-state index is 12.5. The number of nitrogens with zero attached hydrogens (tertiary/aromatic N) is 2. The Hall–Kier alpha value is -2.64. The minimum absolute atomic E-state index is 0.130. The predicted octanol–water partition coefficient (Wildman–Crippen LogP) is 3.35. The Balaban J connectivity index is 1.54. The molecule has 2 aromatic rings. The van der Waals surface area contributed by atoms with E-state index in [4.69, 9.17) is 0 Å². The van der Waals surface area contributed by atoms with Crippen molar-refractivity contribution in [1.29, 1.82) is 0 Å². The predicted molar refractivity (Wildman–Crippen MR) is 93.5 cm³/mol. The van der Waals surface area contributed by atoms with Crippen LogP contribution in [0.5, 0.6) is 0 Å². The average molecular weight is 379 g/mol. The van der Waals surface area contributed by atoms with E-state index in [1.165, 1.54) is 10.9 Å². The fourth-order valence-corrected chi connectivity index (χ4v) is 3.26. The first-order chi connectivity index (χ1) is 12.8. The summed E-state index contributed by atoms with van der Waals surface area (Å²) in [4.78, 5) is 28.5. The van der Waals surface area contributed by atoms with Gasteiger partial charge in [-0.05, 0) is 37.1 Å². The quantitative estimate of drug-likeness (QED) is 0.867. The van der Waals surface area contributed by atoms with Crippen LogP contribution >= 0.6 is 0 Å². The van der Waals surface area contributed by atoms with Gasteiger partial charge in [0, 0.05) is 30.6 Å². The lowest BCUT2D eigenvalue weighted by Gasteiger charge is -2.11. The van der Waals surface area contributed by atoms with Crippen molar-refractivity contribution in [3.63, 3.8) is 0 Å². The molecule has 27 heavy (non-hydrogen) atoms. The van der Waals surface area contributed by atoms with Crippen molar-refractivity contribution < 1.29 is 18.0 Å². The van der Waals surface area contributed by atoms with Crippen molar-refractivity contribution >= 4 is 5.91 Å². The number of carbonyl (C=O) groups is 1. The molecule has 0 atom stereocenters. The van der Waals surface area contributed by atoms with Crippen LogP contribution in [0.3, 0.4) is 0 Å². The molecule has 8 heteroatoms. The van der Waals surface area contributed by atoms with Crippen molar-refractivity contribution in [3.05, 3.63) is 63.8 Å². The van der Waals surface area contributed by atoms with Gasteiger partial charge >= 0.3 is 6.18 Å². The maximum Gasteiger partial charge on any atom is 0.416 e. The van der Waals surface area contributed by atoms with Crippen LogP contribution in [0.4, 0.5) is 13.2 Å². The van der Waals surface area contributed by atoms with Crippen molar-refractivity contribution in [2.75, 3.05) is 6.54 Å². The number of benzene rings is 1. The Labute approximate surface area is 154 Å². The van der Waals surface area contributed by atoms with Gasteiger partial charge in [0.1, 0.15) is 0 Å². The summed E-state index contributed by atoms with van der Waals surface area (Å²) in [6, 6.07) is 5.54. The molecule has 0 spiro atoms. The van der Waals surface area contributed by atoms with E-state index in [9.17, 15) is 22.8 Å². The van der Waals surface area contributed by atoms with Gasteiger partial charge in [-0.1, -0.05) is 12.8 Å². The fourth-order valence-electron chi connectivity index (χ4n) is 3.26. The second kappa shape index (κ2) is 7.94. The van der Waals surface area contributed by atoms with Crippen LogP contribution in [-0.4, -0.2) is 22.0 Å². The summed E-state index contributed by atoms with van der Waals surface area (Å²) >= 11 is 0. The Morgan fingerprint density at radius 2 is 1.85 bits per heavy atom. The third-order valence-corrected chi connectivity index (χ3v) is 4.79. The summed E-state index contributed by atoms with van der Waals surface area (Å²) in [6.45, 7) is 0.410. The zero-order chi connectivity index (χ0) is 19.4. The molecule has 0 aliphatic heterocycles. The number of aromatic nitrogens is 2. The topological polar surface area (TPSA) is 64.0 Å². The Kier molecular flexibility index (Phi) is 5.62. The summed E-state index contributed by atoms with van der Waals surface area (Å²) < 4.78 is 39.0. The molecule has 1 saturated carbocycles. The third kappa shape index (κ3) is 4.75. The first-order valence-electron chi connectivity index (χ1n) is 8.86.